The molecule has 1 saturated heterocycles. The van der Waals surface area contributed by atoms with Crippen LogP contribution in [0, 0.1) is 0 Å². The van der Waals surface area contributed by atoms with Crippen LogP contribution in [0.2, 0.25) is 0 Å². The minimum atomic E-state index is 0. The van der Waals surface area contributed by atoms with Gasteiger partial charge in [-0.3, -0.25) is 9.89 Å². The van der Waals surface area contributed by atoms with E-state index in [-0.39, 0.29) is 30.0 Å². The van der Waals surface area contributed by atoms with Gasteiger partial charge in [-0.05, 0) is 32.0 Å². The summed E-state index contributed by atoms with van der Waals surface area (Å²) in [6.45, 7) is 8.21. The summed E-state index contributed by atoms with van der Waals surface area (Å²) in [5, 5.41) is 10.3. The molecule has 0 amide bonds. The second-order valence-corrected chi connectivity index (χ2v) is 8.85. The highest BCUT2D eigenvalue weighted by Gasteiger charge is 2.26. The lowest BCUT2D eigenvalue weighted by atomic mass is 10.0. The van der Waals surface area contributed by atoms with E-state index in [2.05, 4.69) is 51.9 Å². The van der Waals surface area contributed by atoms with Crippen molar-refractivity contribution in [1.82, 2.24) is 20.5 Å². The Labute approximate surface area is 207 Å². The molecule has 0 bridgehead atoms. The highest BCUT2D eigenvalue weighted by molar-refractivity contribution is 14.0. The molecule has 1 atom stereocenters. The molecule has 1 aromatic carbocycles. The number of benzene rings is 1. The SMILES string of the molecule is CN=C(NCCc1csc(C(C)C)n1)NCC(c1ccccc1OC)N1CCCC1.I. The first-order chi connectivity index (χ1) is 14.6. The number of ether oxygens (including phenoxy) is 1. The number of likely N-dealkylation sites (tertiary alicyclic amines) is 1. The zero-order valence-electron chi connectivity index (χ0n) is 19.1. The molecule has 0 aliphatic carbocycles. The van der Waals surface area contributed by atoms with Gasteiger partial charge in [-0.1, -0.05) is 32.0 Å². The number of hydrogen-bond donors (Lipinski definition) is 2. The molecule has 3 rings (SSSR count). The molecule has 2 aromatic rings. The molecular formula is C23H36IN5OS. The maximum Gasteiger partial charge on any atom is 0.191 e. The second-order valence-electron chi connectivity index (χ2n) is 7.96. The maximum atomic E-state index is 5.65. The van der Waals surface area contributed by atoms with Crippen LogP contribution in [-0.4, -0.2) is 56.2 Å². The Hall–Kier alpha value is -1.39. The quantitative estimate of drug-likeness (QED) is 0.271. The Morgan fingerprint density at radius 2 is 1.97 bits per heavy atom. The van der Waals surface area contributed by atoms with Crippen LogP contribution in [0.15, 0.2) is 34.6 Å². The van der Waals surface area contributed by atoms with Crippen molar-refractivity contribution in [3.8, 4) is 5.75 Å². The van der Waals surface area contributed by atoms with E-state index in [4.69, 9.17) is 9.72 Å². The van der Waals surface area contributed by atoms with E-state index in [1.165, 1.54) is 23.4 Å². The summed E-state index contributed by atoms with van der Waals surface area (Å²) in [4.78, 5) is 11.7. The molecule has 0 spiro atoms. The molecule has 1 fully saturated rings. The van der Waals surface area contributed by atoms with Crippen LogP contribution in [-0.2, 0) is 6.42 Å². The summed E-state index contributed by atoms with van der Waals surface area (Å²) in [5.41, 5.74) is 2.38. The van der Waals surface area contributed by atoms with E-state index in [1.807, 2.05) is 19.2 Å². The van der Waals surface area contributed by atoms with Crippen molar-refractivity contribution in [1.29, 1.82) is 0 Å². The van der Waals surface area contributed by atoms with Crippen LogP contribution in [0.4, 0.5) is 0 Å². The fraction of sp³-hybridized carbons (Fsp3) is 0.565. The summed E-state index contributed by atoms with van der Waals surface area (Å²) in [6, 6.07) is 8.60. The number of thiazole rings is 1. The van der Waals surface area contributed by atoms with Crippen molar-refractivity contribution in [3.63, 3.8) is 0 Å². The van der Waals surface area contributed by atoms with Gasteiger partial charge in [0.2, 0.25) is 0 Å². The molecule has 0 radical (unpaired) electrons. The Kier molecular flexibility index (Phi) is 11.0. The van der Waals surface area contributed by atoms with E-state index in [0.717, 1.165) is 50.0 Å². The van der Waals surface area contributed by atoms with Crippen molar-refractivity contribution >= 4 is 41.3 Å². The highest BCUT2D eigenvalue weighted by Crippen LogP contribution is 2.31. The number of guanidine groups is 1. The zero-order chi connectivity index (χ0) is 21.3. The van der Waals surface area contributed by atoms with Gasteiger partial charge in [0.1, 0.15) is 5.75 Å². The Morgan fingerprint density at radius 3 is 2.61 bits per heavy atom. The number of rotatable bonds is 9. The van der Waals surface area contributed by atoms with Crippen LogP contribution in [0.3, 0.4) is 0 Å². The van der Waals surface area contributed by atoms with Crippen LogP contribution >= 0.6 is 35.3 Å². The lowest BCUT2D eigenvalue weighted by Gasteiger charge is -2.30. The molecule has 1 aliphatic heterocycles. The summed E-state index contributed by atoms with van der Waals surface area (Å²) >= 11 is 1.75. The number of aliphatic imine (C=N–C) groups is 1. The third-order valence-electron chi connectivity index (χ3n) is 5.50. The van der Waals surface area contributed by atoms with Crippen LogP contribution in [0.1, 0.15) is 54.9 Å². The number of aromatic nitrogens is 1. The lowest BCUT2D eigenvalue weighted by molar-refractivity contribution is 0.239. The number of methoxy groups -OCH3 is 1. The smallest absolute Gasteiger partial charge is 0.191 e. The molecule has 2 heterocycles. The summed E-state index contributed by atoms with van der Waals surface area (Å²) in [6.07, 6.45) is 3.40. The van der Waals surface area contributed by atoms with Crippen molar-refractivity contribution in [2.24, 2.45) is 4.99 Å². The number of para-hydroxylation sites is 1. The Morgan fingerprint density at radius 1 is 1.23 bits per heavy atom. The first kappa shape index (κ1) is 25.9. The van der Waals surface area contributed by atoms with Gasteiger partial charge in [-0.2, -0.15) is 0 Å². The maximum absolute atomic E-state index is 5.65. The molecule has 31 heavy (non-hydrogen) atoms. The van der Waals surface area contributed by atoms with Gasteiger partial charge in [0.15, 0.2) is 5.96 Å². The predicted octanol–water partition coefficient (Wildman–Crippen LogP) is 4.44. The third-order valence-corrected chi connectivity index (χ3v) is 6.70. The monoisotopic (exact) mass is 557 g/mol. The molecule has 8 heteroatoms. The largest absolute Gasteiger partial charge is 0.496 e. The van der Waals surface area contributed by atoms with Crippen molar-refractivity contribution in [2.45, 2.75) is 45.1 Å². The van der Waals surface area contributed by atoms with Crippen LogP contribution < -0.4 is 15.4 Å². The first-order valence-electron chi connectivity index (χ1n) is 10.9. The summed E-state index contributed by atoms with van der Waals surface area (Å²) in [7, 11) is 3.57. The average Bonchev–Trinajstić information content (AvgIpc) is 3.45. The van der Waals surface area contributed by atoms with Crippen molar-refractivity contribution in [3.05, 3.63) is 45.9 Å². The van der Waals surface area contributed by atoms with E-state index in [0.29, 0.717) is 5.92 Å². The normalized spacial score (nSPS) is 15.6. The molecule has 172 valence electrons. The van der Waals surface area contributed by atoms with E-state index in [9.17, 15) is 0 Å². The molecule has 6 nitrogen and oxygen atoms in total. The van der Waals surface area contributed by atoms with Crippen molar-refractivity contribution in [2.75, 3.05) is 40.3 Å². The number of halogens is 1. The topological polar surface area (TPSA) is 61.8 Å². The predicted molar refractivity (Wildman–Crippen MR) is 141 cm³/mol. The Balaban J connectivity index is 0.00000341. The van der Waals surface area contributed by atoms with Crippen LogP contribution in [0.25, 0.3) is 0 Å². The molecule has 0 saturated carbocycles. The molecule has 1 aromatic heterocycles. The van der Waals surface area contributed by atoms with E-state index < -0.39 is 0 Å². The van der Waals surface area contributed by atoms with Gasteiger partial charge in [0.25, 0.3) is 0 Å². The molecule has 1 unspecified atom stereocenters. The summed E-state index contributed by atoms with van der Waals surface area (Å²) in [5.74, 6) is 2.26. The number of hydrogen-bond acceptors (Lipinski definition) is 5. The zero-order valence-corrected chi connectivity index (χ0v) is 22.2. The van der Waals surface area contributed by atoms with Crippen molar-refractivity contribution < 1.29 is 4.74 Å². The minimum Gasteiger partial charge on any atom is -0.496 e. The number of nitrogens with zero attached hydrogens (tertiary/aromatic N) is 3. The van der Waals surface area contributed by atoms with Gasteiger partial charge in [-0.25, -0.2) is 4.98 Å². The number of nitrogens with one attached hydrogen (secondary N) is 2. The van der Waals surface area contributed by atoms with Gasteiger partial charge in [-0.15, -0.1) is 35.3 Å². The molecular weight excluding hydrogens is 521 g/mol. The minimum absolute atomic E-state index is 0. The van der Waals surface area contributed by atoms with Crippen LogP contribution in [0.5, 0.6) is 5.75 Å². The van der Waals surface area contributed by atoms with E-state index in [1.54, 1.807) is 18.4 Å². The van der Waals surface area contributed by atoms with Gasteiger partial charge in [0, 0.05) is 43.4 Å². The lowest BCUT2D eigenvalue weighted by Crippen LogP contribution is -2.43. The van der Waals surface area contributed by atoms with Gasteiger partial charge < -0.3 is 15.4 Å². The molecule has 2 N–H and O–H groups in total. The standard InChI is InChI=1S/C23H35N5OS.HI/c1-17(2)22-27-18(16-30-22)11-12-25-23(24-3)26-15-20(28-13-7-8-14-28)19-9-5-6-10-21(19)29-4;/h5-6,9-10,16-17,20H,7-8,11-15H2,1-4H3,(H2,24,25,26);1H. The fourth-order valence-electron chi connectivity index (χ4n) is 3.86. The van der Waals surface area contributed by atoms with Gasteiger partial charge >= 0.3 is 0 Å². The highest BCUT2D eigenvalue weighted by atomic mass is 127. The Bertz CT molecular complexity index is 820. The summed E-state index contributed by atoms with van der Waals surface area (Å²) < 4.78 is 5.65. The third kappa shape index (κ3) is 7.32. The fourth-order valence-corrected chi connectivity index (χ4v) is 4.73. The van der Waals surface area contributed by atoms with Gasteiger partial charge in [0.05, 0.1) is 23.9 Å². The molecule has 1 aliphatic rings. The van der Waals surface area contributed by atoms with E-state index >= 15 is 0 Å². The first-order valence-corrected chi connectivity index (χ1v) is 11.8. The second kappa shape index (κ2) is 13.2. The average molecular weight is 558 g/mol.